The molecule has 0 aliphatic heterocycles. The second-order valence-electron chi connectivity index (χ2n) is 4.91. The molecule has 0 aromatic carbocycles. The Labute approximate surface area is 103 Å². The Balaban J connectivity index is 2.15. The molecule has 4 nitrogen and oxygen atoms in total. The van der Waals surface area contributed by atoms with Gasteiger partial charge in [0, 0.05) is 11.9 Å². The highest BCUT2D eigenvalue weighted by molar-refractivity contribution is 5.16. The Hall–Kier alpha value is -1.34. The molecular formula is C13H20N4. The van der Waals surface area contributed by atoms with Crippen LogP contribution in [0.2, 0.25) is 0 Å². The molecule has 1 N–H and O–H groups in total. The van der Waals surface area contributed by atoms with Crippen molar-refractivity contribution >= 4 is 0 Å². The lowest BCUT2D eigenvalue weighted by atomic mass is 9.94. The Morgan fingerprint density at radius 2 is 2.41 bits per heavy atom. The normalized spacial score (nSPS) is 18.6. The molecule has 1 aromatic heterocycles. The molecular weight excluding hydrogens is 212 g/mol. The maximum absolute atomic E-state index is 9.55. The van der Waals surface area contributed by atoms with Crippen molar-refractivity contribution < 1.29 is 0 Å². The molecule has 0 amide bonds. The molecule has 1 saturated carbocycles. The first-order valence-electron chi connectivity index (χ1n) is 6.36. The minimum atomic E-state index is -0.424. The summed E-state index contributed by atoms with van der Waals surface area (Å²) in [5, 5.41) is 17.3. The molecule has 1 aromatic rings. The summed E-state index contributed by atoms with van der Waals surface area (Å²) in [6.07, 6.45) is 5.16. The lowest BCUT2D eigenvalue weighted by Gasteiger charge is -2.28. The van der Waals surface area contributed by atoms with Gasteiger partial charge >= 0.3 is 0 Å². The number of hydrogen-bond donors (Lipinski definition) is 1. The highest BCUT2D eigenvalue weighted by Gasteiger charge is 2.45. The van der Waals surface area contributed by atoms with E-state index >= 15 is 0 Å². The summed E-state index contributed by atoms with van der Waals surface area (Å²) in [7, 11) is 0. The van der Waals surface area contributed by atoms with Crippen LogP contribution in [-0.4, -0.2) is 21.9 Å². The predicted molar refractivity (Wildman–Crippen MR) is 66.3 cm³/mol. The van der Waals surface area contributed by atoms with E-state index in [0.29, 0.717) is 12.5 Å². The van der Waals surface area contributed by atoms with Gasteiger partial charge in [0.1, 0.15) is 5.54 Å². The van der Waals surface area contributed by atoms with Gasteiger partial charge in [0.2, 0.25) is 0 Å². The van der Waals surface area contributed by atoms with Gasteiger partial charge in [-0.3, -0.25) is 10.00 Å². The smallest absolute Gasteiger partial charge is 0.129 e. The number of aromatic nitrogens is 2. The molecule has 0 saturated heterocycles. The number of aryl methyl sites for hydroxylation is 1. The summed E-state index contributed by atoms with van der Waals surface area (Å²) in [6.45, 7) is 5.71. The van der Waals surface area contributed by atoms with E-state index in [4.69, 9.17) is 0 Å². The van der Waals surface area contributed by atoms with Crippen LogP contribution in [0.15, 0.2) is 12.3 Å². The standard InChI is InChI=1S/C13H20N4/c1-3-7-15-13(9-14,12-4-5-12)10-17-11(2)6-8-16-17/h6,8,12,15H,3-5,7,10H2,1-2H3. The number of nitriles is 1. The maximum Gasteiger partial charge on any atom is 0.129 e. The van der Waals surface area contributed by atoms with Crippen molar-refractivity contribution in [1.82, 2.24) is 15.1 Å². The molecule has 1 unspecified atom stereocenters. The fourth-order valence-electron chi connectivity index (χ4n) is 2.22. The van der Waals surface area contributed by atoms with Crippen molar-refractivity contribution in [2.45, 2.75) is 45.2 Å². The fraction of sp³-hybridized carbons (Fsp3) is 0.692. The largest absolute Gasteiger partial charge is 0.298 e. The van der Waals surface area contributed by atoms with Gasteiger partial charge in [-0.15, -0.1) is 0 Å². The van der Waals surface area contributed by atoms with Crippen LogP contribution >= 0.6 is 0 Å². The lowest BCUT2D eigenvalue weighted by Crippen LogP contribution is -2.50. The topological polar surface area (TPSA) is 53.6 Å². The third-order valence-corrected chi connectivity index (χ3v) is 3.49. The molecule has 0 spiro atoms. The molecule has 92 valence electrons. The minimum Gasteiger partial charge on any atom is -0.298 e. The van der Waals surface area contributed by atoms with E-state index in [1.807, 2.05) is 17.7 Å². The zero-order chi connectivity index (χ0) is 12.3. The molecule has 1 heterocycles. The summed E-state index contributed by atoms with van der Waals surface area (Å²) in [4.78, 5) is 0. The van der Waals surface area contributed by atoms with Crippen LogP contribution in [0.5, 0.6) is 0 Å². The number of nitrogens with zero attached hydrogens (tertiary/aromatic N) is 3. The first-order valence-corrected chi connectivity index (χ1v) is 6.36. The number of hydrogen-bond acceptors (Lipinski definition) is 3. The maximum atomic E-state index is 9.55. The van der Waals surface area contributed by atoms with Gasteiger partial charge in [-0.2, -0.15) is 10.4 Å². The van der Waals surface area contributed by atoms with E-state index in [-0.39, 0.29) is 0 Å². The van der Waals surface area contributed by atoms with Crippen LogP contribution in [-0.2, 0) is 6.54 Å². The van der Waals surface area contributed by atoms with E-state index in [1.54, 1.807) is 6.20 Å². The van der Waals surface area contributed by atoms with Gasteiger partial charge in [0.25, 0.3) is 0 Å². The zero-order valence-corrected chi connectivity index (χ0v) is 10.6. The van der Waals surface area contributed by atoms with Gasteiger partial charge < -0.3 is 0 Å². The SMILES string of the molecule is CCCNC(C#N)(Cn1nccc1C)C1CC1. The first-order chi connectivity index (χ1) is 8.22. The average Bonchev–Trinajstić information content (AvgIpc) is 3.11. The second-order valence-corrected chi connectivity index (χ2v) is 4.91. The van der Waals surface area contributed by atoms with Crippen molar-refractivity contribution in [3.05, 3.63) is 18.0 Å². The minimum absolute atomic E-state index is 0.424. The molecule has 1 fully saturated rings. The van der Waals surface area contributed by atoms with Crippen molar-refractivity contribution in [1.29, 1.82) is 5.26 Å². The number of nitrogens with one attached hydrogen (secondary N) is 1. The summed E-state index contributed by atoms with van der Waals surface area (Å²) >= 11 is 0. The molecule has 17 heavy (non-hydrogen) atoms. The quantitative estimate of drug-likeness (QED) is 0.814. The lowest BCUT2D eigenvalue weighted by molar-refractivity contribution is 0.303. The summed E-state index contributed by atoms with van der Waals surface area (Å²) in [6, 6.07) is 4.49. The van der Waals surface area contributed by atoms with Crippen molar-refractivity contribution in [2.24, 2.45) is 5.92 Å². The van der Waals surface area contributed by atoms with Crippen LogP contribution in [0, 0.1) is 24.2 Å². The first kappa shape index (κ1) is 12.1. The molecule has 1 atom stereocenters. The van der Waals surface area contributed by atoms with Gasteiger partial charge in [-0.25, -0.2) is 0 Å². The molecule has 0 bridgehead atoms. The highest BCUT2D eigenvalue weighted by Crippen LogP contribution is 2.40. The van der Waals surface area contributed by atoms with E-state index in [9.17, 15) is 5.26 Å². The Bertz CT molecular complexity index is 413. The van der Waals surface area contributed by atoms with Crippen molar-refractivity contribution in [3.63, 3.8) is 0 Å². The van der Waals surface area contributed by atoms with Crippen molar-refractivity contribution in [2.75, 3.05) is 6.54 Å². The highest BCUT2D eigenvalue weighted by atomic mass is 15.3. The molecule has 1 aliphatic rings. The summed E-state index contributed by atoms with van der Waals surface area (Å²) in [5.41, 5.74) is 0.691. The van der Waals surface area contributed by atoms with Crippen LogP contribution in [0.4, 0.5) is 0 Å². The summed E-state index contributed by atoms with van der Waals surface area (Å²) < 4.78 is 1.93. The molecule has 0 radical (unpaired) electrons. The van der Waals surface area contributed by atoms with Gasteiger partial charge in [0.15, 0.2) is 0 Å². The molecule has 4 heteroatoms. The number of rotatable bonds is 6. The Morgan fingerprint density at radius 1 is 1.65 bits per heavy atom. The molecule has 2 rings (SSSR count). The second kappa shape index (κ2) is 4.89. The monoisotopic (exact) mass is 232 g/mol. The van der Waals surface area contributed by atoms with Crippen LogP contribution < -0.4 is 5.32 Å². The van der Waals surface area contributed by atoms with Gasteiger partial charge in [-0.05, 0) is 44.7 Å². The average molecular weight is 232 g/mol. The Morgan fingerprint density at radius 3 is 2.88 bits per heavy atom. The van der Waals surface area contributed by atoms with Crippen LogP contribution in [0.25, 0.3) is 0 Å². The third kappa shape index (κ3) is 2.50. The van der Waals surface area contributed by atoms with E-state index in [2.05, 4.69) is 23.4 Å². The fourth-order valence-corrected chi connectivity index (χ4v) is 2.22. The van der Waals surface area contributed by atoms with Crippen LogP contribution in [0.3, 0.4) is 0 Å². The van der Waals surface area contributed by atoms with E-state index in [0.717, 1.165) is 31.5 Å². The predicted octanol–water partition coefficient (Wildman–Crippen LogP) is 1.86. The van der Waals surface area contributed by atoms with Crippen molar-refractivity contribution in [3.8, 4) is 6.07 Å². The summed E-state index contributed by atoms with van der Waals surface area (Å²) in [5.74, 6) is 0.489. The molecule has 1 aliphatic carbocycles. The zero-order valence-electron chi connectivity index (χ0n) is 10.6. The van der Waals surface area contributed by atoms with Gasteiger partial charge in [-0.1, -0.05) is 6.92 Å². The van der Waals surface area contributed by atoms with E-state index < -0.39 is 5.54 Å². The Kier molecular flexibility index (Phi) is 3.49. The third-order valence-electron chi connectivity index (χ3n) is 3.49. The van der Waals surface area contributed by atoms with Gasteiger partial charge in [0.05, 0.1) is 12.6 Å². The van der Waals surface area contributed by atoms with E-state index in [1.165, 1.54) is 0 Å². The van der Waals surface area contributed by atoms with Crippen LogP contribution in [0.1, 0.15) is 31.9 Å².